The van der Waals surface area contributed by atoms with Gasteiger partial charge in [0.15, 0.2) is 0 Å². The maximum Gasteiger partial charge on any atom is 0.122 e. The molecule has 0 aromatic heterocycles. The number of benzene rings is 1. The van der Waals surface area contributed by atoms with E-state index in [0.717, 1.165) is 22.1 Å². The minimum absolute atomic E-state index is 0.633. The molecule has 0 heterocycles. The van der Waals surface area contributed by atoms with Gasteiger partial charge in [-0.2, -0.15) is 0 Å². The molecular formula is C17H24BrNO. The topological polar surface area (TPSA) is 21.3 Å². The van der Waals surface area contributed by atoms with Crippen LogP contribution < -0.4 is 10.1 Å². The second-order valence-electron chi connectivity index (χ2n) is 6.34. The highest BCUT2D eigenvalue weighted by atomic mass is 79.9. The molecule has 2 fully saturated rings. The normalized spacial score (nSPS) is 29.6. The molecule has 0 radical (unpaired) electrons. The average molecular weight is 338 g/mol. The van der Waals surface area contributed by atoms with Gasteiger partial charge in [0.2, 0.25) is 0 Å². The molecule has 0 saturated heterocycles. The van der Waals surface area contributed by atoms with Gasteiger partial charge in [0, 0.05) is 22.3 Å². The Morgan fingerprint density at radius 1 is 1.05 bits per heavy atom. The highest BCUT2D eigenvalue weighted by Gasteiger charge is 2.32. The highest BCUT2D eigenvalue weighted by molar-refractivity contribution is 9.10. The number of hydrogen-bond acceptors (Lipinski definition) is 2. The Morgan fingerprint density at radius 2 is 1.85 bits per heavy atom. The molecule has 0 spiro atoms. The van der Waals surface area contributed by atoms with Crippen molar-refractivity contribution in [3.05, 3.63) is 22.7 Å². The number of nitrogens with one attached hydrogen (secondary N) is 1. The Balaban J connectivity index is 1.64. The molecule has 3 rings (SSSR count). The lowest BCUT2D eigenvalue weighted by molar-refractivity contribution is 0.162. The minimum Gasteiger partial charge on any atom is -0.497 e. The first-order valence-corrected chi connectivity index (χ1v) is 8.65. The molecule has 2 nitrogen and oxygen atoms in total. The fourth-order valence-electron chi connectivity index (χ4n) is 4.00. The van der Waals surface area contributed by atoms with Crippen LogP contribution >= 0.6 is 15.9 Å². The smallest absolute Gasteiger partial charge is 0.122 e. The van der Waals surface area contributed by atoms with Gasteiger partial charge < -0.3 is 10.1 Å². The summed E-state index contributed by atoms with van der Waals surface area (Å²) in [4.78, 5) is 0. The van der Waals surface area contributed by atoms with Crippen molar-refractivity contribution in [2.75, 3.05) is 12.4 Å². The van der Waals surface area contributed by atoms with E-state index < -0.39 is 0 Å². The first-order chi connectivity index (χ1) is 9.74. The average Bonchev–Trinajstić information content (AvgIpc) is 2.46. The Morgan fingerprint density at radius 3 is 2.65 bits per heavy atom. The van der Waals surface area contributed by atoms with E-state index in [2.05, 4.69) is 33.4 Å². The maximum atomic E-state index is 5.34. The van der Waals surface area contributed by atoms with Gasteiger partial charge in [0.25, 0.3) is 0 Å². The van der Waals surface area contributed by atoms with Crippen molar-refractivity contribution in [3.63, 3.8) is 0 Å². The molecule has 1 aromatic carbocycles. The second kappa shape index (κ2) is 6.38. The van der Waals surface area contributed by atoms with E-state index in [1.54, 1.807) is 7.11 Å². The van der Waals surface area contributed by atoms with Crippen molar-refractivity contribution >= 4 is 21.6 Å². The summed E-state index contributed by atoms with van der Waals surface area (Å²) in [5, 5.41) is 3.72. The SMILES string of the molecule is COc1cc(Br)cc(NC2CCC3CCCCC3C2)c1. The monoisotopic (exact) mass is 337 g/mol. The molecule has 1 aromatic rings. The van der Waals surface area contributed by atoms with E-state index >= 15 is 0 Å². The lowest BCUT2D eigenvalue weighted by atomic mass is 9.69. The number of ether oxygens (including phenoxy) is 1. The van der Waals surface area contributed by atoms with Gasteiger partial charge in [-0.3, -0.25) is 0 Å². The molecular weight excluding hydrogens is 314 g/mol. The van der Waals surface area contributed by atoms with E-state index in [9.17, 15) is 0 Å². The summed E-state index contributed by atoms with van der Waals surface area (Å²) in [5.41, 5.74) is 1.18. The highest BCUT2D eigenvalue weighted by Crippen LogP contribution is 2.41. The zero-order valence-corrected chi connectivity index (χ0v) is 13.8. The van der Waals surface area contributed by atoms with Crippen LogP contribution in [0.5, 0.6) is 5.75 Å². The van der Waals surface area contributed by atoms with Crippen LogP contribution in [0.3, 0.4) is 0 Å². The predicted molar refractivity (Wildman–Crippen MR) is 87.4 cm³/mol. The predicted octanol–water partition coefficient (Wildman–Crippen LogP) is 5.23. The molecule has 3 heteroatoms. The van der Waals surface area contributed by atoms with Crippen molar-refractivity contribution in [3.8, 4) is 5.75 Å². The van der Waals surface area contributed by atoms with Crippen molar-refractivity contribution in [2.24, 2.45) is 11.8 Å². The molecule has 2 aliphatic rings. The van der Waals surface area contributed by atoms with Crippen LogP contribution in [0.4, 0.5) is 5.69 Å². The van der Waals surface area contributed by atoms with Crippen LogP contribution in [0.25, 0.3) is 0 Å². The van der Waals surface area contributed by atoms with E-state index in [4.69, 9.17) is 4.74 Å². The largest absolute Gasteiger partial charge is 0.497 e. The van der Waals surface area contributed by atoms with Gasteiger partial charge >= 0.3 is 0 Å². The molecule has 2 aliphatic carbocycles. The van der Waals surface area contributed by atoms with Gasteiger partial charge in [-0.25, -0.2) is 0 Å². The molecule has 2 saturated carbocycles. The van der Waals surface area contributed by atoms with Crippen molar-refractivity contribution in [1.82, 2.24) is 0 Å². The molecule has 110 valence electrons. The third kappa shape index (κ3) is 3.30. The van der Waals surface area contributed by atoms with E-state index in [1.807, 2.05) is 6.07 Å². The second-order valence-corrected chi connectivity index (χ2v) is 7.25. The Labute approximate surface area is 130 Å². The van der Waals surface area contributed by atoms with Crippen molar-refractivity contribution < 1.29 is 4.74 Å². The maximum absolute atomic E-state index is 5.34. The van der Waals surface area contributed by atoms with Gasteiger partial charge in [0.05, 0.1) is 7.11 Å². The fourth-order valence-corrected chi connectivity index (χ4v) is 4.48. The minimum atomic E-state index is 0.633. The third-order valence-electron chi connectivity index (χ3n) is 5.02. The first kappa shape index (κ1) is 14.2. The third-order valence-corrected chi connectivity index (χ3v) is 5.48. The number of hydrogen-bond donors (Lipinski definition) is 1. The summed E-state index contributed by atoms with van der Waals surface area (Å²) < 4.78 is 6.42. The Kier molecular flexibility index (Phi) is 4.54. The standard InChI is InChI=1S/C17H24BrNO/c1-20-17-10-14(18)9-16(11-17)19-15-7-6-12-4-2-3-5-13(12)8-15/h9-13,15,19H,2-8H2,1H3. The number of halogens is 1. The Bertz CT molecular complexity index is 462. The summed E-state index contributed by atoms with van der Waals surface area (Å²) >= 11 is 3.55. The van der Waals surface area contributed by atoms with Crippen LogP contribution in [-0.4, -0.2) is 13.2 Å². The van der Waals surface area contributed by atoms with Crippen molar-refractivity contribution in [1.29, 1.82) is 0 Å². The zero-order chi connectivity index (χ0) is 13.9. The molecule has 0 amide bonds. The van der Waals surface area contributed by atoms with Crippen LogP contribution in [-0.2, 0) is 0 Å². The molecule has 3 unspecified atom stereocenters. The fraction of sp³-hybridized carbons (Fsp3) is 0.647. The lowest BCUT2D eigenvalue weighted by Gasteiger charge is -2.39. The number of methoxy groups -OCH3 is 1. The van der Waals surface area contributed by atoms with Crippen LogP contribution in [0.2, 0.25) is 0 Å². The van der Waals surface area contributed by atoms with E-state index in [0.29, 0.717) is 6.04 Å². The van der Waals surface area contributed by atoms with E-state index in [1.165, 1.54) is 50.6 Å². The first-order valence-electron chi connectivity index (χ1n) is 7.85. The van der Waals surface area contributed by atoms with Gasteiger partial charge in [0.1, 0.15) is 5.75 Å². The van der Waals surface area contributed by atoms with Crippen LogP contribution in [0.1, 0.15) is 44.9 Å². The quantitative estimate of drug-likeness (QED) is 0.815. The number of fused-ring (bicyclic) bond motifs is 1. The summed E-state index contributed by atoms with van der Waals surface area (Å²) in [5.74, 6) is 2.89. The molecule has 0 bridgehead atoms. The number of rotatable bonds is 3. The van der Waals surface area contributed by atoms with Gasteiger partial charge in [-0.15, -0.1) is 0 Å². The molecule has 1 N–H and O–H groups in total. The van der Waals surface area contributed by atoms with Crippen LogP contribution in [0.15, 0.2) is 22.7 Å². The summed E-state index contributed by atoms with van der Waals surface area (Å²) in [6.07, 6.45) is 9.90. The summed E-state index contributed by atoms with van der Waals surface area (Å²) in [6.45, 7) is 0. The van der Waals surface area contributed by atoms with Crippen LogP contribution in [0, 0.1) is 11.8 Å². The van der Waals surface area contributed by atoms with Crippen molar-refractivity contribution in [2.45, 2.75) is 51.0 Å². The summed E-state index contributed by atoms with van der Waals surface area (Å²) in [7, 11) is 1.72. The molecule has 3 atom stereocenters. The van der Waals surface area contributed by atoms with E-state index in [-0.39, 0.29) is 0 Å². The molecule has 0 aliphatic heterocycles. The van der Waals surface area contributed by atoms with Gasteiger partial charge in [-0.05, 0) is 43.2 Å². The van der Waals surface area contributed by atoms with Gasteiger partial charge in [-0.1, -0.05) is 41.6 Å². The summed E-state index contributed by atoms with van der Waals surface area (Å²) in [6, 6.07) is 6.88. The zero-order valence-electron chi connectivity index (χ0n) is 12.2. The lowest BCUT2D eigenvalue weighted by Crippen LogP contribution is -2.34. The molecule has 20 heavy (non-hydrogen) atoms. The Hall–Kier alpha value is -0.700. The number of anilines is 1.